The van der Waals surface area contributed by atoms with Crippen LogP contribution in [0.5, 0.6) is 0 Å². The Morgan fingerprint density at radius 1 is 1.06 bits per heavy atom. The molecule has 0 fully saturated rings. The number of nitrogens with two attached hydrogens (primary N) is 1. The van der Waals surface area contributed by atoms with E-state index in [-0.39, 0.29) is 11.7 Å². The van der Waals surface area contributed by atoms with Crippen LogP contribution in [0.25, 0.3) is 11.1 Å². The van der Waals surface area contributed by atoms with E-state index in [2.05, 4.69) is 5.32 Å². The van der Waals surface area contributed by atoms with Crippen molar-refractivity contribution in [3.63, 3.8) is 0 Å². The van der Waals surface area contributed by atoms with Crippen LogP contribution in [-0.4, -0.2) is 30.9 Å². The Labute approximate surface area is 192 Å². The lowest BCUT2D eigenvalue weighted by Gasteiger charge is -2.23. The lowest BCUT2D eigenvalue weighted by Crippen LogP contribution is -2.42. The van der Waals surface area contributed by atoms with Crippen LogP contribution in [0.1, 0.15) is 28.4 Å². The number of aromatic nitrogens is 1. The third kappa shape index (κ3) is 5.94. The Morgan fingerprint density at radius 3 is 2.30 bits per heavy atom. The fraction of sp³-hybridized carbons (Fsp3) is 0.200. The molecule has 8 nitrogen and oxygen atoms in total. The molecule has 0 spiro atoms. The van der Waals surface area contributed by atoms with E-state index >= 15 is 0 Å². The van der Waals surface area contributed by atoms with Gasteiger partial charge in [-0.05, 0) is 48.2 Å². The van der Waals surface area contributed by atoms with Crippen LogP contribution in [0.15, 0.2) is 73.1 Å². The lowest BCUT2D eigenvalue weighted by atomic mass is 9.92. The van der Waals surface area contributed by atoms with Crippen molar-refractivity contribution in [3.8, 4) is 11.1 Å². The number of carbonyl (C=O) groups excluding carboxylic acids is 2. The summed E-state index contributed by atoms with van der Waals surface area (Å²) in [7, 11) is 1.31. The van der Waals surface area contributed by atoms with Crippen LogP contribution in [-0.2, 0) is 16.0 Å². The molecular weight excluding hydrogens is 420 g/mol. The van der Waals surface area contributed by atoms with E-state index in [9.17, 15) is 14.8 Å². The van der Waals surface area contributed by atoms with Crippen molar-refractivity contribution < 1.29 is 19.1 Å². The molecule has 33 heavy (non-hydrogen) atoms. The normalized spacial score (nSPS) is 12.4. The van der Waals surface area contributed by atoms with Gasteiger partial charge in [0.05, 0.1) is 13.0 Å². The number of nitrogens with zero attached hydrogens (tertiary/aromatic N) is 1. The van der Waals surface area contributed by atoms with Gasteiger partial charge in [0.1, 0.15) is 5.84 Å². The molecule has 4 N–H and O–H groups in total. The molecule has 170 valence electrons. The zero-order valence-electron chi connectivity index (χ0n) is 18.4. The molecule has 0 unspecified atom stereocenters. The van der Waals surface area contributed by atoms with Gasteiger partial charge in [0.15, 0.2) is 12.4 Å². The zero-order valence-corrected chi connectivity index (χ0v) is 18.4. The Kier molecular flexibility index (Phi) is 7.40. The first-order chi connectivity index (χ1) is 15.8. The molecule has 0 radical (unpaired) electrons. The van der Waals surface area contributed by atoms with Crippen LogP contribution in [0.4, 0.5) is 0 Å². The number of hydrogen-bond acceptors (Lipinski definition) is 5. The number of benzene rings is 2. The second-order valence-electron chi connectivity index (χ2n) is 7.73. The van der Waals surface area contributed by atoms with Crippen LogP contribution in [0.2, 0.25) is 0 Å². The summed E-state index contributed by atoms with van der Waals surface area (Å²) in [5.41, 5.74) is 9.12. The molecule has 0 aliphatic rings. The minimum atomic E-state index is -0.622. The molecule has 3 aromatic rings. The van der Waals surface area contributed by atoms with E-state index in [0.29, 0.717) is 22.3 Å². The van der Waals surface area contributed by atoms with Crippen molar-refractivity contribution in [1.29, 1.82) is 5.41 Å². The molecule has 8 heteroatoms. The zero-order chi connectivity index (χ0) is 24.0. The quantitative estimate of drug-likeness (QED) is 0.161. The summed E-state index contributed by atoms with van der Waals surface area (Å²) in [6.45, 7) is 1.75. The molecule has 1 heterocycles. The van der Waals surface area contributed by atoms with Gasteiger partial charge < -0.3 is 21.0 Å². The second kappa shape index (κ2) is 10.4. The van der Waals surface area contributed by atoms with Gasteiger partial charge in [-0.25, -0.2) is 0 Å². The predicted molar refractivity (Wildman–Crippen MR) is 124 cm³/mol. The van der Waals surface area contributed by atoms with Crippen molar-refractivity contribution >= 4 is 17.7 Å². The van der Waals surface area contributed by atoms with Crippen molar-refractivity contribution in [2.75, 3.05) is 7.11 Å². The number of carbonyl (C=O) groups is 2. The molecule has 0 saturated heterocycles. The molecular formula is C25H26N4O4. The van der Waals surface area contributed by atoms with E-state index in [1.807, 2.05) is 6.07 Å². The highest BCUT2D eigenvalue weighted by atomic mass is 16.5. The second-order valence-corrected chi connectivity index (χ2v) is 7.73. The Morgan fingerprint density at radius 2 is 1.70 bits per heavy atom. The smallest absolute Gasteiger partial charge is 0.311 e. The third-order valence-electron chi connectivity index (χ3n) is 5.44. The van der Waals surface area contributed by atoms with Gasteiger partial charge in [-0.2, -0.15) is 4.73 Å². The van der Waals surface area contributed by atoms with E-state index < -0.39 is 17.9 Å². The molecule has 2 aromatic carbocycles. The lowest BCUT2D eigenvalue weighted by molar-refractivity contribution is -0.605. The summed E-state index contributed by atoms with van der Waals surface area (Å²) in [6, 6.07) is 17.0. The summed E-state index contributed by atoms with van der Waals surface area (Å²) < 4.78 is 5.67. The molecule has 1 amide bonds. The molecule has 0 aliphatic heterocycles. The van der Waals surface area contributed by atoms with E-state index in [1.165, 1.54) is 19.5 Å². The summed E-state index contributed by atoms with van der Waals surface area (Å²) in [6.07, 6.45) is 3.15. The Bertz CT molecular complexity index is 1140. The Hall–Kier alpha value is -4.20. The van der Waals surface area contributed by atoms with Crippen molar-refractivity contribution in [2.45, 2.75) is 19.4 Å². The highest BCUT2D eigenvalue weighted by molar-refractivity contribution is 5.95. The van der Waals surface area contributed by atoms with Gasteiger partial charge in [0.2, 0.25) is 0 Å². The predicted octanol–water partition coefficient (Wildman–Crippen LogP) is 2.42. The number of nitrogen functional groups attached to an aromatic ring is 1. The van der Waals surface area contributed by atoms with Crippen LogP contribution in [0, 0.1) is 16.5 Å². The molecule has 0 bridgehead atoms. The van der Waals surface area contributed by atoms with Crippen LogP contribution in [0.3, 0.4) is 0 Å². The maximum Gasteiger partial charge on any atom is 0.311 e. The number of pyridine rings is 1. The van der Waals surface area contributed by atoms with Crippen LogP contribution < -0.4 is 15.8 Å². The highest BCUT2D eigenvalue weighted by Crippen LogP contribution is 2.20. The summed E-state index contributed by atoms with van der Waals surface area (Å²) >= 11 is 0. The minimum absolute atomic E-state index is 0.0565. The van der Waals surface area contributed by atoms with Gasteiger partial charge in [-0.1, -0.05) is 30.3 Å². The van der Waals surface area contributed by atoms with E-state index in [0.717, 1.165) is 16.7 Å². The van der Waals surface area contributed by atoms with Gasteiger partial charge in [0.25, 0.3) is 5.91 Å². The van der Waals surface area contributed by atoms with Crippen LogP contribution >= 0.6 is 0 Å². The van der Waals surface area contributed by atoms with Gasteiger partial charge >= 0.3 is 5.97 Å². The van der Waals surface area contributed by atoms with E-state index in [1.54, 1.807) is 61.5 Å². The third-order valence-corrected chi connectivity index (χ3v) is 5.44. The SMILES string of the molecule is COC(=O)[C@@H](Cc1cccc(C(=N)N)c1)[C@H](C)NC(=O)c1ccc(-c2cc[n+]([O-])cc2)cc1. The average Bonchev–Trinajstić information content (AvgIpc) is 2.82. The standard InChI is InChI=1S/C25H26N4O4/c1-16(22(25(31)33-2)15-17-4-3-5-21(14-17)23(26)27)28-24(30)20-8-6-18(7-9-20)19-10-12-29(32)13-11-19/h3-14,16,22H,15H2,1-2H3,(H3,26,27)(H,28,30)/t16-,22-/m0/s1. The van der Waals surface area contributed by atoms with Crippen molar-refractivity contribution in [2.24, 2.45) is 11.7 Å². The number of esters is 1. The molecule has 0 aliphatic carbocycles. The number of amidine groups is 1. The number of hydrogen-bond donors (Lipinski definition) is 3. The first kappa shape index (κ1) is 23.5. The van der Waals surface area contributed by atoms with Gasteiger partial charge in [0, 0.05) is 29.3 Å². The summed E-state index contributed by atoms with van der Waals surface area (Å²) in [5.74, 6) is -1.43. The maximum absolute atomic E-state index is 12.8. The maximum atomic E-state index is 12.8. The van der Waals surface area contributed by atoms with Gasteiger partial charge in [-0.15, -0.1) is 0 Å². The number of methoxy groups -OCH3 is 1. The van der Waals surface area contributed by atoms with Crippen molar-refractivity contribution in [1.82, 2.24) is 5.32 Å². The minimum Gasteiger partial charge on any atom is -0.619 e. The first-order valence-electron chi connectivity index (χ1n) is 10.4. The molecule has 1 aromatic heterocycles. The number of rotatable bonds is 8. The number of ether oxygens (including phenoxy) is 1. The number of amides is 1. The largest absolute Gasteiger partial charge is 0.619 e. The first-order valence-corrected chi connectivity index (χ1v) is 10.4. The fourth-order valence-electron chi connectivity index (χ4n) is 3.55. The molecule has 3 rings (SSSR count). The van der Waals surface area contributed by atoms with Crippen molar-refractivity contribution in [3.05, 3.63) is 95.0 Å². The Balaban J connectivity index is 1.72. The summed E-state index contributed by atoms with van der Waals surface area (Å²) in [5, 5.41) is 21.7. The monoisotopic (exact) mass is 446 g/mol. The van der Waals surface area contributed by atoms with E-state index in [4.69, 9.17) is 15.9 Å². The molecule has 0 saturated carbocycles. The average molecular weight is 447 g/mol. The fourth-order valence-corrected chi connectivity index (χ4v) is 3.55. The van der Waals surface area contributed by atoms with Gasteiger partial charge in [-0.3, -0.25) is 15.0 Å². The number of nitrogens with one attached hydrogen (secondary N) is 2. The molecule has 2 atom stereocenters. The topological polar surface area (TPSA) is 132 Å². The highest BCUT2D eigenvalue weighted by Gasteiger charge is 2.28. The summed E-state index contributed by atoms with van der Waals surface area (Å²) in [4.78, 5) is 25.3.